The average Bonchev–Trinajstić information content (AvgIpc) is 3.23. The number of rotatable bonds is 5. The van der Waals surface area contributed by atoms with Gasteiger partial charge in [0.25, 0.3) is 0 Å². The van der Waals surface area contributed by atoms with Crippen LogP contribution < -0.4 is 0 Å². The quantitative estimate of drug-likeness (QED) is 0.624. The summed E-state index contributed by atoms with van der Waals surface area (Å²) in [5, 5.41) is 7.87. The minimum atomic E-state index is 0.535. The average molecular weight is 417 g/mol. The van der Waals surface area contributed by atoms with Crippen molar-refractivity contribution in [3.63, 3.8) is 0 Å². The van der Waals surface area contributed by atoms with E-state index in [4.69, 9.17) is 0 Å². The van der Waals surface area contributed by atoms with Crippen molar-refractivity contribution in [3.8, 4) is 0 Å². The van der Waals surface area contributed by atoms with E-state index in [1.807, 2.05) is 12.5 Å². The fourth-order valence-corrected chi connectivity index (χ4v) is 5.22. The zero-order valence-electron chi connectivity index (χ0n) is 18.5. The van der Waals surface area contributed by atoms with Crippen LogP contribution in [0.15, 0.2) is 55.3 Å². The Morgan fingerprint density at radius 3 is 2.58 bits per heavy atom. The van der Waals surface area contributed by atoms with Gasteiger partial charge in [-0.15, -0.1) is 0 Å². The molecule has 6 heteroatoms. The number of allylic oxidation sites excluding steroid dienone is 1. The number of aromatic nitrogens is 4. The van der Waals surface area contributed by atoms with Crippen LogP contribution in [-0.2, 0) is 6.54 Å². The van der Waals surface area contributed by atoms with Crippen molar-refractivity contribution in [2.24, 2.45) is 5.92 Å². The van der Waals surface area contributed by atoms with E-state index >= 15 is 0 Å². The molecule has 0 aliphatic carbocycles. The van der Waals surface area contributed by atoms with Crippen LogP contribution in [0.3, 0.4) is 0 Å². The lowest BCUT2D eigenvalue weighted by molar-refractivity contribution is 0.154. The number of hydrogen-bond donors (Lipinski definition) is 0. The van der Waals surface area contributed by atoms with Gasteiger partial charge in [0.1, 0.15) is 0 Å². The smallest absolute Gasteiger partial charge is 0.0960 e. The van der Waals surface area contributed by atoms with Gasteiger partial charge in [-0.1, -0.05) is 12.6 Å². The van der Waals surface area contributed by atoms with Gasteiger partial charge in [0, 0.05) is 43.5 Å². The summed E-state index contributed by atoms with van der Waals surface area (Å²) < 4.78 is 2.39. The van der Waals surface area contributed by atoms with Gasteiger partial charge in [-0.3, -0.25) is 4.90 Å². The highest BCUT2D eigenvalue weighted by Gasteiger charge is 2.28. The molecule has 0 atom stereocenters. The third-order valence-corrected chi connectivity index (χ3v) is 7.10. The number of aryl methyl sites for hydroxylation is 1. The predicted octanol–water partition coefficient (Wildman–Crippen LogP) is 4.20. The van der Waals surface area contributed by atoms with Crippen LogP contribution in [0.4, 0.5) is 0 Å². The maximum absolute atomic E-state index is 4.64. The van der Waals surface area contributed by atoms with E-state index in [1.165, 1.54) is 35.2 Å². The molecule has 162 valence electrons. The van der Waals surface area contributed by atoms with Gasteiger partial charge in [0.05, 0.1) is 23.6 Å². The number of hydrogen-bond acceptors (Lipinski definition) is 5. The van der Waals surface area contributed by atoms with E-state index < -0.39 is 0 Å². The zero-order valence-corrected chi connectivity index (χ0v) is 18.5. The topological polar surface area (TPSA) is 50.1 Å². The van der Waals surface area contributed by atoms with E-state index in [1.54, 1.807) is 6.20 Å². The summed E-state index contributed by atoms with van der Waals surface area (Å²) in [5.74, 6) is 0.611. The summed E-state index contributed by atoms with van der Waals surface area (Å²) in [6.07, 6.45) is 10.4. The molecule has 2 aliphatic rings. The van der Waals surface area contributed by atoms with Crippen LogP contribution in [-0.4, -0.2) is 55.7 Å². The third-order valence-electron chi connectivity index (χ3n) is 7.10. The first-order valence-corrected chi connectivity index (χ1v) is 11.5. The van der Waals surface area contributed by atoms with Crippen LogP contribution in [0.5, 0.6) is 0 Å². The Morgan fingerprint density at radius 2 is 1.84 bits per heavy atom. The van der Waals surface area contributed by atoms with Crippen molar-refractivity contribution in [1.29, 1.82) is 0 Å². The number of fused-ring (bicyclic) bond motifs is 1. The molecule has 0 unspecified atom stereocenters. The molecule has 2 saturated heterocycles. The second-order valence-electron chi connectivity index (χ2n) is 9.15. The van der Waals surface area contributed by atoms with Crippen molar-refractivity contribution in [3.05, 3.63) is 66.4 Å². The zero-order chi connectivity index (χ0) is 21.2. The molecule has 0 amide bonds. The van der Waals surface area contributed by atoms with Gasteiger partial charge in [-0.2, -0.15) is 10.2 Å². The number of imidazole rings is 1. The number of nitrogens with zero attached hydrogens (tertiary/aromatic N) is 6. The van der Waals surface area contributed by atoms with Crippen LogP contribution in [0, 0.1) is 12.8 Å². The minimum Gasteiger partial charge on any atom is -0.375 e. The first-order chi connectivity index (χ1) is 15.2. The minimum absolute atomic E-state index is 0.535. The molecule has 0 saturated carbocycles. The lowest BCUT2D eigenvalue weighted by atomic mass is 9.91. The largest absolute Gasteiger partial charge is 0.375 e. The maximum atomic E-state index is 4.64. The molecule has 2 aliphatic heterocycles. The molecule has 0 radical (unpaired) electrons. The Balaban J connectivity index is 1.13. The Morgan fingerprint density at radius 1 is 1.03 bits per heavy atom. The normalized spacial score (nSPS) is 19.2. The number of piperidine rings is 2. The molecule has 4 heterocycles. The molecule has 6 nitrogen and oxygen atoms in total. The van der Waals surface area contributed by atoms with Crippen molar-refractivity contribution in [1.82, 2.24) is 29.5 Å². The van der Waals surface area contributed by atoms with Gasteiger partial charge in [0.2, 0.25) is 0 Å². The standard InChI is InChI=1S/C25H32N6/c1-19-3-4-25-24(15-19)26-18-31(25)23-8-13-30(14-9-23)20(2)22-6-11-29(12-7-22)17-21-5-10-27-28-16-21/h3-5,10,15-16,18,22-23H,2,6-9,11-14,17H2,1H3. The van der Waals surface area contributed by atoms with Gasteiger partial charge in [-0.25, -0.2) is 4.98 Å². The number of benzene rings is 1. The molecule has 2 aromatic heterocycles. The molecular formula is C25H32N6. The van der Waals surface area contributed by atoms with Crippen molar-refractivity contribution < 1.29 is 0 Å². The van der Waals surface area contributed by atoms with Crippen molar-refractivity contribution in [2.75, 3.05) is 26.2 Å². The highest BCUT2D eigenvalue weighted by molar-refractivity contribution is 5.76. The van der Waals surface area contributed by atoms with Crippen LogP contribution in [0.25, 0.3) is 11.0 Å². The van der Waals surface area contributed by atoms with Crippen LogP contribution >= 0.6 is 0 Å². The van der Waals surface area contributed by atoms with E-state index in [9.17, 15) is 0 Å². The molecule has 0 bridgehead atoms. The summed E-state index contributed by atoms with van der Waals surface area (Å²) in [6, 6.07) is 9.19. The Hall–Kier alpha value is -2.73. The van der Waals surface area contributed by atoms with E-state index in [0.29, 0.717) is 12.0 Å². The van der Waals surface area contributed by atoms with E-state index in [-0.39, 0.29) is 0 Å². The van der Waals surface area contributed by atoms with Crippen molar-refractivity contribution in [2.45, 2.75) is 45.2 Å². The van der Waals surface area contributed by atoms with Crippen molar-refractivity contribution >= 4 is 11.0 Å². The predicted molar refractivity (Wildman–Crippen MR) is 123 cm³/mol. The fraction of sp³-hybridized carbons (Fsp3) is 0.480. The van der Waals surface area contributed by atoms with Gasteiger partial charge < -0.3 is 9.47 Å². The summed E-state index contributed by atoms with van der Waals surface area (Å²) in [5.41, 5.74) is 6.25. The van der Waals surface area contributed by atoms with E-state index in [0.717, 1.165) is 51.1 Å². The molecule has 2 fully saturated rings. The SMILES string of the molecule is C=C(C1CCN(Cc2ccnnc2)CC1)N1CCC(n2cnc3cc(C)ccc32)CC1. The second kappa shape index (κ2) is 8.79. The Bertz CT molecular complexity index is 1030. The fourth-order valence-electron chi connectivity index (χ4n) is 5.22. The number of likely N-dealkylation sites (tertiary alicyclic amines) is 2. The van der Waals surface area contributed by atoms with Gasteiger partial charge >= 0.3 is 0 Å². The van der Waals surface area contributed by atoms with E-state index in [2.05, 4.69) is 67.3 Å². The highest BCUT2D eigenvalue weighted by atomic mass is 15.2. The molecular weight excluding hydrogens is 384 g/mol. The maximum Gasteiger partial charge on any atom is 0.0960 e. The molecule has 3 aromatic rings. The third kappa shape index (κ3) is 4.35. The molecule has 31 heavy (non-hydrogen) atoms. The Kier molecular flexibility index (Phi) is 5.72. The lowest BCUT2D eigenvalue weighted by Gasteiger charge is -2.40. The molecule has 1 aromatic carbocycles. The Labute approximate surface area is 184 Å². The first kappa shape index (κ1) is 20.2. The summed E-state index contributed by atoms with van der Waals surface area (Å²) in [6.45, 7) is 12.1. The summed E-state index contributed by atoms with van der Waals surface area (Å²) in [7, 11) is 0. The van der Waals surface area contributed by atoms with Gasteiger partial charge in [0.15, 0.2) is 0 Å². The highest BCUT2D eigenvalue weighted by Crippen LogP contribution is 2.32. The summed E-state index contributed by atoms with van der Waals surface area (Å²) >= 11 is 0. The van der Waals surface area contributed by atoms with Gasteiger partial charge in [-0.05, 0) is 75.0 Å². The summed E-state index contributed by atoms with van der Waals surface area (Å²) in [4.78, 5) is 9.71. The molecule has 5 rings (SSSR count). The molecule has 0 N–H and O–H groups in total. The van der Waals surface area contributed by atoms with Crippen LogP contribution in [0.2, 0.25) is 0 Å². The first-order valence-electron chi connectivity index (χ1n) is 11.5. The molecule has 0 spiro atoms. The lowest BCUT2D eigenvalue weighted by Crippen LogP contribution is -2.40. The van der Waals surface area contributed by atoms with Crippen LogP contribution in [0.1, 0.15) is 42.9 Å². The monoisotopic (exact) mass is 416 g/mol. The second-order valence-corrected chi connectivity index (χ2v) is 9.15.